The number of aryl methyl sites for hydroxylation is 1. The SMILES string of the molecule is Cc1[nH]c2ccc(F)cc2c1CC(=O)NNC(=O)c1ccccc1F. The van der Waals surface area contributed by atoms with Crippen LogP contribution in [0, 0.1) is 18.6 Å². The van der Waals surface area contributed by atoms with E-state index in [1.54, 1.807) is 13.0 Å². The fourth-order valence-electron chi connectivity index (χ4n) is 2.63. The van der Waals surface area contributed by atoms with Gasteiger partial charge in [-0.15, -0.1) is 0 Å². The van der Waals surface area contributed by atoms with Crippen LogP contribution in [-0.4, -0.2) is 16.8 Å². The van der Waals surface area contributed by atoms with Crippen LogP contribution in [0.5, 0.6) is 0 Å². The number of aromatic nitrogens is 1. The molecule has 7 heteroatoms. The van der Waals surface area contributed by atoms with Crippen molar-refractivity contribution in [3.8, 4) is 0 Å². The topological polar surface area (TPSA) is 74.0 Å². The van der Waals surface area contributed by atoms with Gasteiger partial charge in [-0.25, -0.2) is 8.78 Å². The van der Waals surface area contributed by atoms with Gasteiger partial charge >= 0.3 is 0 Å². The number of hydrogen-bond donors (Lipinski definition) is 3. The number of hydrogen-bond acceptors (Lipinski definition) is 2. The van der Waals surface area contributed by atoms with Crippen LogP contribution in [0.25, 0.3) is 10.9 Å². The van der Waals surface area contributed by atoms with Crippen molar-refractivity contribution < 1.29 is 18.4 Å². The van der Waals surface area contributed by atoms with Crippen molar-refractivity contribution in [1.29, 1.82) is 0 Å². The van der Waals surface area contributed by atoms with E-state index in [0.29, 0.717) is 10.9 Å². The van der Waals surface area contributed by atoms with Crippen LogP contribution < -0.4 is 10.9 Å². The second-order valence-corrected chi connectivity index (χ2v) is 5.58. The van der Waals surface area contributed by atoms with Crippen LogP contribution in [0.1, 0.15) is 21.6 Å². The zero-order chi connectivity index (χ0) is 18.0. The summed E-state index contributed by atoms with van der Waals surface area (Å²) in [5.74, 6) is -2.34. The van der Waals surface area contributed by atoms with Gasteiger partial charge in [-0.1, -0.05) is 12.1 Å². The standard InChI is InChI=1S/C18H15F2N3O2/c1-10-13(14-8-11(19)6-7-16(14)21-10)9-17(24)22-23-18(25)12-4-2-3-5-15(12)20/h2-8,21H,9H2,1H3,(H,22,24)(H,23,25). The normalized spacial score (nSPS) is 10.7. The number of nitrogens with one attached hydrogen (secondary N) is 3. The highest BCUT2D eigenvalue weighted by Gasteiger charge is 2.15. The van der Waals surface area contributed by atoms with Gasteiger partial charge in [0.2, 0.25) is 5.91 Å². The summed E-state index contributed by atoms with van der Waals surface area (Å²) in [6.45, 7) is 1.78. The Morgan fingerprint density at radius 3 is 2.60 bits per heavy atom. The van der Waals surface area contributed by atoms with Crippen LogP contribution >= 0.6 is 0 Å². The molecular formula is C18H15F2N3O2. The lowest BCUT2D eigenvalue weighted by Crippen LogP contribution is -2.42. The van der Waals surface area contributed by atoms with E-state index in [2.05, 4.69) is 15.8 Å². The summed E-state index contributed by atoms with van der Waals surface area (Å²) in [4.78, 5) is 27.0. The minimum Gasteiger partial charge on any atom is -0.358 e. The molecule has 0 spiro atoms. The molecule has 1 heterocycles. The Morgan fingerprint density at radius 2 is 1.84 bits per heavy atom. The first-order valence-corrected chi connectivity index (χ1v) is 7.56. The van der Waals surface area contributed by atoms with E-state index in [0.717, 1.165) is 17.3 Å². The summed E-state index contributed by atoms with van der Waals surface area (Å²) < 4.78 is 27.0. The predicted octanol–water partition coefficient (Wildman–Crippen LogP) is 2.76. The third-order valence-corrected chi connectivity index (χ3v) is 3.85. The van der Waals surface area contributed by atoms with Crippen molar-refractivity contribution in [1.82, 2.24) is 15.8 Å². The van der Waals surface area contributed by atoms with Gasteiger partial charge in [-0.2, -0.15) is 0 Å². The fraction of sp³-hybridized carbons (Fsp3) is 0.111. The second kappa shape index (κ2) is 6.72. The Hall–Kier alpha value is -3.22. The Labute approximate surface area is 142 Å². The van der Waals surface area contributed by atoms with Gasteiger partial charge < -0.3 is 4.98 Å². The second-order valence-electron chi connectivity index (χ2n) is 5.58. The molecule has 25 heavy (non-hydrogen) atoms. The monoisotopic (exact) mass is 343 g/mol. The van der Waals surface area contributed by atoms with Gasteiger partial charge in [-0.3, -0.25) is 20.4 Å². The molecule has 0 unspecified atom stereocenters. The first-order valence-electron chi connectivity index (χ1n) is 7.56. The summed E-state index contributed by atoms with van der Waals surface area (Å²) in [5, 5.41) is 0.605. The summed E-state index contributed by atoms with van der Waals surface area (Å²) in [6.07, 6.45) is -0.0627. The van der Waals surface area contributed by atoms with E-state index < -0.39 is 23.4 Å². The molecule has 0 aliphatic heterocycles. The van der Waals surface area contributed by atoms with Crippen molar-refractivity contribution in [3.05, 3.63) is 70.9 Å². The maximum atomic E-state index is 13.5. The smallest absolute Gasteiger partial charge is 0.272 e. The molecule has 0 fully saturated rings. The third kappa shape index (κ3) is 3.50. The largest absolute Gasteiger partial charge is 0.358 e. The Morgan fingerprint density at radius 1 is 1.08 bits per heavy atom. The quantitative estimate of drug-likeness (QED) is 0.640. The zero-order valence-electron chi connectivity index (χ0n) is 13.3. The first-order chi connectivity index (χ1) is 12.0. The molecular weight excluding hydrogens is 328 g/mol. The van der Waals surface area contributed by atoms with Crippen LogP contribution in [-0.2, 0) is 11.2 Å². The number of aromatic amines is 1. The number of H-pyrrole nitrogens is 1. The number of amides is 2. The number of carbonyl (C=O) groups is 2. The summed E-state index contributed by atoms with van der Waals surface area (Å²) in [7, 11) is 0. The average Bonchev–Trinajstić information content (AvgIpc) is 2.88. The van der Waals surface area contributed by atoms with Gasteiger partial charge in [0, 0.05) is 16.6 Å². The lowest BCUT2D eigenvalue weighted by Gasteiger charge is -2.08. The molecule has 0 aliphatic carbocycles. The van der Waals surface area contributed by atoms with Crippen molar-refractivity contribution in [2.75, 3.05) is 0 Å². The minimum absolute atomic E-state index is 0.0627. The van der Waals surface area contributed by atoms with Crippen LogP contribution in [0.3, 0.4) is 0 Å². The predicted molar refractivity (Wildman–Crippen MR) is 88.7 cm³/mol. The molecule has 0 atom stereocenters. The van der Waals surface area contributed by atoms with Gasteiger partial charge in [0.15, 0.2) is 0 Å². The average molecular weight is 343 g/mol. The number of benzene rings is 2. The van der Waals surface area contributed by atoms with Crippen molar-refractivity contribution in [2.45, 2.75) is 13.3 Å². The molecule has 5 nitrogen and oxygen atoms in total. The fourth-order valence-corrected chi connectivity index (χ4v) is 2.63. The Balaban J connectivity index is 1.69. The molecule has 2 aromatic carbocycles. The zero-order valence-corrected chi connectivity index (χ0v) is 13.3. The van der Waals surface area contributed by atoms with E-state index in [9.17, 15) is 18.4 Å². The maximum absolute atomic E-state index is 13.5. The van der Waals surface area contributed by atoms with E-state index in [4.69, 9.17) is 0 Å². The molecule has 2 amide bonds. The lowest BCUT2D eigenvalue weighted by atomic mass is 10.1. The number of halogens is 2. The molecule has 0 saturated heterocycles. The van der Waals surface area contributed by atoms with Crippen LogP contribution in [0.4, 0.5) is 8.78 Å². The summed E-state index contributed by atoms with van der Waals surface area (Å²) in [5.41, 5.74) is 6.32. The molecule has 0 aliphatic rings. The molecule has 3 aromatic rings. The number of rotatable bonds is 3. The van der Waals surface area contributed by atoms with Crippen molar-refractivity contribution >= 4 is 22.7 Å². The Bertz CT molecular complexity index is 966. The molecule has 3 rings (SSSR count). The van der Waals surface area contributed by atoms with Gasteiger partial charge in [0.1, 0.15) is 11.6 Å². The molecule has 1 aromatic heterocycles. The highest BCUT2D eigenvalue weighted by atomic mass is 19.1. The number of carbonyl (C=O) groups excluding carboxylic acids is 2. The molecule has 128 valence electrons. The molecule has 0 bridgehead atoms. The van der Waals surface area contributed by atoms with Gasteiger partial charge in [0.05, 0.1) is 12.0 Å². The Kier molecular flexibility index (Phi) is 4.47. The van der Waals surface area contributed by atoms with E-state index in [1.165, 1.54) is 30.3 Å². The molecule has 0 saturated carbocycles. The maximum Gasteiger partial charge on any atom is 0.272 e. The number of fused-ring (bicyclic) bond motifs is 1. The van der Waals surface area contributed by atoms with Crippen molar-refractivity contribution in [3.63, 3.8) is 0 Å². The van der Waals surface area contributed by atoms with E-state index >= 15 is 0 Å². The highest BCUT2D eigenvalue weighted by molar-refractivity contribution is 5.96. The van der Waals surface area contributed by atoms with E-state index in [-0.39, 0.29) is 12.0 Å². The minimum atomic E-state index is -0.756. The van der Waals surface area contributed by atoms with E-state index in [1.807, 2.05) is 0 Å². The number of hydrazine groups is 1. The van der Waals surface area contributed by atoms with Gasteiger partial charge in [-0.05, 0) is 42.8 Å². The molecule has 0 radical (unpaired) electrons. The van der Waals surface area contributed by atoms with Crippen LogP contribution in [0.2, 0.25) is 0 Å². The molecule has 3 N–H and O–H groups in total. The first kappa shape index (κ1) is 16.6. The van der Waals surface area contributed by atoms with Gasteiger partial charge in [0.25, 0.3) is 5.91 Å². The summed E-state index contributed by atoms with van der Waals surface area (Å²) >= 11 is 0. The highest BCUT2D eigenvalue weighted by Crippen LogP contribution is 2.23. The third-order valence-electron chi connectivity index (χ3n) is 3.85. The lowest BCUT2D eigenvalue weighted by molar-refractivity contribution is -0.121. The summed E-state index contributed by atoms with van der Waals surface area (Å²) in [6, 6.07) is 9.71. The van der Waals surface area contributed by atoms with Crippen molar-refractivity contribution in [2.24, 2.45) is 0 Å². The van der Waals surface area contributed by atoms with Crippen LogP contribution in [0.15, 0.2) is 42.5 Å².